The number of para-hydroxylation sites is 1. The second-order valence-corrected chi connectivity index (χ2v) is 4.30. The van der Waals surface area contributed by atoms with E-state index >= 15 is 0 Å². The zero-order valence-electron chi connectivity index (χ0n) is 11.5. The Bertz CT molecular complexity index is 696. The van der Waals surface area contributed by atoms with Gasteiger partial charge in [0.05, 0.1) is 17.6 Å². The number of methoxy groups -OCH3 is 1. The van der Waals surface area contributed by atoms with E-state index in [-0.39, 0.29) is 17.0 Å². The Morgan fingerprint density at radius 3 is 2.48 bits per heavy atom. The molecule has 0 saturated heterocycles. The van der Waals surface area contributed by atoms with Crippen LogP contribution in [0.3, 0.4) is 0 Å². The Hall–Kier alpha value is -2.89. The van der Waals surface area contributed by atoms with Gasteiger partial charge in [-0.3, -0.25) is 10.1 Å². The van der Waals surface area contributed by atoms with Gasteiger partial charge in [0.25, 0.3) is 0 Å². The van der Waals surface area contributed by atoms with E-state index < -0.39 is 10.9 Å². The molecule has 0 bridgehead atoms. The molecular formula is C15H13NO5. The zero-order chi connectivity index (χ0) is 15.4. The smallest absolute Gasteiger partial charge is 0.337 e. The van der Waals surface area contributed by atoms with Crippen molar-refractivity contribution in [2.45, 2.75) is 6.92 Å². The van der Waals surface area contributed by atoms with E-state index in [0.717, 1.165) is 5.56 Å². The molecule has 2 aromatic rings. The summed E-state index contributed by atoms with van der Waals surface area (Å²) in [7, 11) is 1.24. The van der Waals surface area contributed by atoms with E-state index in [0.29, 0.717) is 5.75 Å². The fraction of sp³-hybridized carbons (Fsp3) is 0.133. The molecule has 0 N–H and O–H groups in total. The molecule has 0 radical (unpaired) electrons. The van der Waals surface area contributed by atoms with Crippen LogP contribution in [0.15, 0.2) is 42.5 Å². The Balaban J connectivity index is 2.46. The van der Waals surface area contributed by atoms with Crippen LogP contribution in [-0.4, -0.2) is 18.0 Å². The molecular weight excluding hydrogens is 274 g/mol. The molecule has 0 aliphatic heterocycles. The summed E-state index contributed by atoms with van der Waals surface area (Å²) in [5.74, 6) is -0.0978. The van der Waals surface area contributed by atoms with Gasteiger partial charge in [0.15, 0.2) is 0 Å². The third-order valence-electron chi connectivity index (χ3n) is 2.89. The first-order valence-electron chi connectivity index (χ1n) is 6.13. The maximum atomic E-state index is 11.5. The molecule has 0 fully saturated rings. The van der Waals surface area contributed by atoms with Gasteiger partial charge < -0.3 is 9.47 Å². The quantitative estimate of drug-likeness (QED) is 0.488. The second-order valence-electron chi connectivity index (χ2n) is 4.30. The molecule has 0 saturated carbocycles. The summed E-state index contributed by atoms with van der Waals surface area (Å²) in [4.78, 5) is 22.0. The Kier molecular flexibility index (Phi) is 4.18. The lowest BCUT2D eigenvalue weighted by atomic mass is 10.2. The van der Waals surface area contributed by atoms with Crippen molar-refractivity contribution < 1.29 is 19.2 Å². The molecule has 0 aliphatic rings. The molecule has 108 valence electrons. The van der Waals surface area contributed by atoms with Crippen LogP contribution >= 0.6 is 0 Å². The van der Waals surface area contributed by atoms with Crippen molar-refractivity contribution in [1.29, 1.82) is 0 Å². The third-order valence-corrected chi connectivity index (χ3v) is 2.89. The van der Waals surface area contributed by atoms with Gasteiger partial charge in [-0.15, -0.1) is 0 Å². The van der Waals surface area contributed by atoms with Crippen molar-refractivity contribution in [3.05, 3.63) is 63.7 Å². The first-order chi connectivity index (χ1) is 10.0. The van der Waals surface area contributed by atoms with E-state index in [1.165, 1.54) is 25.3 Å². The monoisotopic (exact) mass is 287 g/mol. The van der Waals surface area contributed by atoms with Crippen LogP contribution in [0.1, 0.15) is 15.9 Å². The minimum Gasteiger partial charge on any atom is -0.465 e. The summed E-state index contributed by atoms with van der Waals surface area (Å²) >= 11 is 0. The number of ether oxygens (including phenoxy) is 2. The van der Waals surface area contributed by atoms with Crippen molar-refractivity contribution in [2.24, 2.45) is 0 Å². The minimum atomic E-state index is -0.584. The number of esters is 1. The topological polar surface area (TPSA) is 78.7 Å². The number of nitrogens with zero attached hydrogens (tertiary/aromatic N) is 1. The first-order valence-corrected chi connectivity index (χ1v) is 6.13. The van der Waals surface area contributed by atoms with Crippen LogP contribution in [0, 0.1) is 17.0 Å². The van der Waals surface area contributed by atoms with Crippen molar-refractivity contribution in [3.63, 3.8) is 0 Å². The molecule has 0 heterocycles. The molecule has 0 spiro atoms. The van der Waals surface area contributed by atoms with E-state index in [2.05, 4.69) is 4.74 Å². The van der Waals surface area contributed by atoms with Crippen molar-refractivity contribution in [2.75, 3.05) is 7.11 Å². The number of nitro groups is 1. The Morgan fingerprint density at radius 1 is 1.14 bits per heavy atom. The van der Waals surface area contributed by atoms with E-state index in [4.69, 9.17) is 4.74 Å². The fourth-order valence-corrected chi connectivity index (χ4v) is 1.78. The minimum absolute atomic E-state index is 0.00259. The summed E-state index contributed by atoms with van der Waals surface area (Å²) in [5.41, 5.74) is 0.799. The molecule has 0 amide bonds. The molecule has 0 unspecified atom stereocenters. The zero-order valence-corrected chi connectivity index (χ0v) is 11.5. The lowest BCUT2D eigenvalue weighted by molar-refractivity contribution is -0.385. The molecule has 21 heavy (non-hydrogen) atoms. The van der Waals surface area contributed by atoms with Crippen molar-refractivity contribution in [3.8, 4) is 11.5 Å². The molecule has 0 aromatic heterocycles. The van der Waals surface area contributed by atoms with Crippen molar-refractivity contribution in [1.82, 2.24) is 0 Å². The van der Waals surface area contributed by atoms with Gasteiger partial charge in [0, 0.05) is 12.1 Å². The molecule has 2 rings (SSSR count). The van der Waals surface area contributed by atoms with Crippen LogP contribution < -0.4 is 4.74 Å². The summed E-state index contributed by atoms with van der Waals surface area (Å²) in [6, 6.07) is 11.0. The molecule has 6 nitrogen and oxygen atoms in total. The van der Waals surface area contributed by atoms with Gasteiger partial charge in [-0.25, -0.2) is 4.79 Å². The predicted molar refractivity (Wildman–Crippen MR) is 75.7 cm³/mol. The summed E-state index contributed by atoms with van der Waals surface area (Å²) in [6.07, 6.45) is 0. The van der Waals surface area contributed by atoms with Crippen LogP contribution in [0.5, 0.6) is 11.5 Å². The largest absolute Gasteiger partial charge is 0.465 e. The average molecular weight is 287 g/mol. The SMILES string of the molecule is COC(=O)c1ccc([N+](=O)[O-])c(Oc2ccccc2C)c1. The number of aryl methyl sites for hydroxylation is 1. The molecule has 0 aliphatic carbocycles. The van der Waals surface area contributed by atoms with Crippen LogP contribution in [-0.2, 0) is 4.74 Å². The third kappa shape index (κ3) is 3.17. The van der Waals surface area contributed by atoms with E-state index in [1.807, 2.05) is 19.1 Å². The lowest BCUT2D eigenvalue weighted by Crippen LogP contribution is -2.03. The number of hydrogen-bond donors (Lipinski definition) is 0. The van der Waals surface area contributed by atoms with Crippen LogP contribution in [0.4, 0.5) is 5.69 Å². The maximum absolute atomic E-state index is 11.5. The van der Waals surface area contributed by atoms with Gasteiger partial charge in [-0.2, -0.15) is 0 Å². The normalized spacial score (nSPS) is 10.0. The fourth-order valence-electron chi connectivity index (χ4n) is 1.78. The Morgan fingerprint density at radius 2 is 1.86 bits per heavy atom. The number of nitro benzene ring substituents is 1. The van der Waals surface area contributed by atoms with Gasteiger partial charge in [-0.1, -0.05) is 18.2 Å². The standard InChI is InChI=1S/C15H13NO5/c1-10-5-3-4-6-13(10)21-14-9-11(15(17)20-2)7-8-12(14)16(18)19/h3-9H,1-2H3. The highest BCUT2D eigenvalue weighted by Crippen LogP contribution is 2.33. The molecule has 2 aromatic carbocycles. The van der Waals surface area contributed by atoms with Gasteiger partial charge in [0.2, 0.25) is 5.75 Å². The van der Waals surface area contributed by atoms with Crippen molar-refractivity contribution >= 4 is 11.7 Å². The molecule has 6 heteroatoms. The van der Waals surface area contributed by atoms with Gasteiger partial charge in [0.1, 0.15) is 5.75 Å². The predicted octanol–water partition coefficient (Wildman–Crippen LogP) is 3.48. The number of benzene rings is 2. The molecule has 0 atom stereocenters. The maximum Gasteiger partial charge on any atom is 0.337 e. The average Bonchev–Trinajstić information content (AvgIpc) is 2.48. The van der Waals surface area contributed by atoms with E-state index in [1.54, 1.807) is 12.1 Å². The number of rotatable bonds is 4. The lowest BCUT2D eigenvalue weighted by Gasteiger charge is -2.09. The highest BCUT2D eigenvalue weighted by Gasteiger charge is 2.19. The summed E-state index contributed by atoms with van der Waals surface area (Å²) < 4.78 is 10.2. The number of hydrogen-bond acceptors (Lipinski definition) is 5. The van der Waals surface area contributed by atoms with Gasteiger partial charge >= 0.3 is 11.7 Å². The van der Waals surface area contributed by atoms with Crippen LogP contribution in [0.2, 0.25) is 0 Å². The number of carbonyl (C=O) groups is 1. The highest BCUT2D eigenvalue weighted by molar-refractivity contribution is 5.90. The number of carbonyl (C=O) groups excluding carboxylic acids is 1. The summed E-state index contributed by atoms with van der Waals surface area (Å²) in [5, 5.41) is 11.1. The Labute approximate surface area is 121 Å². The van der Waals surface area contributed by atoms with Crippen LogP contribution in [0.25, 0.3) is 0 Å². The summed E-state index contributed by atoms with van der Waals surface area (Å²) in [6.45, 7) is 1.82. The van der Waals surface area contributed by atoms with Gasteiger partial charge in [-0.05, 0) is 24.6 Å². The first kappa shape index (κ1) is 14.5. The second kappa shape index (κ2) is 6.04. The van der Waals surface area contributed by atoms with E-state index in [9.17, 15) is 14.9 Å². The highest BCUT2D eigenvalue weighted by atomic mass is 16.6.